The number of nitrogens with zero attached hydrogens (tertiary/aromatic N) is 3. The van der Waals surface area contributed by atoms with Gasteiger partial charge in [0.25, 0.3) is 0 Å². The molecule has 0 bridgehead atoms. The second-order valence-electron chi connectivity index (χ2n) is 9.30. The summed E-state index contributed by atoms with van der Waals surface area (Å²) in [5, 5.41) is 0. The van der Waals surface area contributed by atoms with Gasteiger partial charge < -0.3 is 13.7 Å². The van der Waals surface area contributed by atoms with Gasteiger partial charge in [0, 0.05) is 24.2 Å². The van der Waals surface area contributed by atoms with Crippen molar-refractivity contribution in [1.29, 1.82) is 0 Å². The molecule has 3 aromatic carbocycles. The second-order valence-corrected chi connectivity index (χ2v) is 11.2. The Labute approximate surface area is 237 Å². The summed E-state index contributed by atoms with van der Waals surface area (Å²) in [6, 6.07) is 13.6. The Morgan fingerprint density at radius 1 is 0.881 bits per heavy atom. The van der Waals surface area contributed by atoms with Crippen LogP contribution in [0.1, 0.15) is 17.4 Å². The average Bonchev–Trinajstić information content (AvgIpc) is 3.49. The minimum atomic E-state index is -4.84. The van der Waals surface area contributed by atoms with Gasteiger partial charge in [0.15, 0.2) is 23.2 Å². The van der Waals surface area contributed by atoms with Gasteiger partial charge in [-0.3, -0.25) is 0 Å². The Hall–Kier alpha value is -4.52. The molecule has 0 saturated heterocycles. The highest BCUT2D eigenvalue weighted by Gasteiger charge is 2.27. The Kier molecular flexibility index (Phi) is 7.62. The molecule has 0 radical (unpaired) electrons. The van der Waals surface area contributed by atoms with E-state index < -0.39 is 38.7 Å². The summed E-state index contributed by atoms with van der Waals surface area (Å²) in [5.41, 5.74) is 3.01. The second kappa shape index (κ2) is 11.0. The monoisotopic (exact) mass is 603 g/mol. The standard InChI is InChI=1S/C29H22F5N3O4S/c1-15-14-37(16(2)35-15)24-9-7-19(18-5-4-6-21(11-18)42(38,39)29(33)34)12-22(24)26-27(40-17(3)36-26)20-8-10-25(23(30)13-20)41-28(31)32/h4-14,28-29H,1-3H3. The Morgan fingerprint density at radius 3 is 2.24 bits per heavy atom. The van der Waals surface area contributed by atoms with Crippen LogP contribution in [-0.2, 0) is 9.84 Å². The molecule has 0 saturated carbocycles. The quantitative estimate of drug-likeness (QED) is 0.171. The maximum Gasteiger partial charge on any atom is 0.387 e. The molecule has 0 atom stereocenters. The summed E-state index contributed by atoms with van der Waals surface area (Å²) in [6.07, 6.45) is 1.78. The number of benzene rings is 3. The number of imidazole rings is 1. The summed E-state index contributed by atoms with van der Waals surface area (Å²) in [7, 11) is -4.84. The Balaban J connectivity index is 1.72. The Morgan fingerprint density at radius 2 is 1.60 bits per heavy atom. The zero-order valence-electron chi connectivity index (χ0n) is 22.3. The lowest BCUT2D eigenvalue weighted by molar-refractivity contribution is -0.0521. The summed E-state index contributed by atoms with van der Waals surface area (Å²) in [6.45, 7) is 1.96. The Bertz CT molecular complexity index is 1900. The summed E-state index contributed by atoms with van der Waals surface area (Å²) < 4.78 is 103. The average molecular weight is 604 g/mol. The van der Waals surface area contributed by atoms with E-state index >= 15 is 0 Å². The molecule has 0 aliphatic heterocycles. The molecule has 0 unspecified atom stereocenters. The predicted molar refractivity (Wildman–Crippen MR) is 144 cm³/mol. The smallest absolute Gasteiger partial charge is 0.387 e. The van der Waals surface area contributed by atoms with E-state index in [1.54, 1.807) is 48.9 Å². The van der Waals surface area contributed by atoms with Crippen molar-refractivity contribution in [3.8, 4) is 45.1 Å². The first kappa shape index (κ1) is 29.0. The largest absolute Gasteiger partial charge is 0.440 e. The maximum atomic E-state index is 14.7. The highest BCUT2D eigenvalue weighted by atomic mass is 32.2. The van der Waals surface area contributed by atoms with Crippen LogP contribution in [0.15, 0.2) is 76.2 Å². The first-order valence-electron chi connectivity index (χ1n) is 12.4. The fourth-order valence-corrected chi connectivity index (χ4v) is 5.34. The third kappa shape index (κ3) is 5.51. The molecule has 2 heterocycles. The van der Waals surface area contributed by atoms with Crippen LogP contribution < -0.4 is 4.74 Å². The van der Waals surface area contributed by atoms with E-state index in [-0.39, 0.29) is 22.9 Å². The van der Waals surface area contributed by atoms with E-state index in [1.807, 2.05) is 6.92 Å². The van der Waals surface area contributed by atoms with Crippen molar-refractivity contribution in [3.63, 3.8) is 0 Å². The number of oxazole rings is 1. The van der Waals surface area contributed by atoms with Crippen LogP contribution in [-0.4, -0.2) is 35.3 Å². The van der Waals surface area contributed by atoms with Gasteiger partial charge >= 0.3 is 12.4 Å². The van der Waals surface area contributed by atoms with E-state index in [4.69, 9.17) is 4.42 Å². The van der Waals surface area contributed by atoms with Crippen molar-refractivity contribution < 1.29 is 39.5 Å². The molecule has 42 heavy (non-hydrogen) atoms. The molecule has 0 amide bonds. The van der Waals surface area contributed by atoms with Gasteiger partial charge in [-0.15, -0.1) is 0 Å². The zero-order chi connectivity index (χ0) is 30.3. The molecule has 13 heteroatoms. The van der Waals surface area contributed by atoms with E-state index in [0.29, 0.717) is 28.2 Å². The van der Waals surface area contributed by atoms with Crippen LogP contribution in [0.4, 0.5) is 22.0 Å². The fourth-order valence-electron chi connectivity index (χ4n) is 4.57. The van der Waals surface area contributed by atoms with Gasteiger partial charge in [-0.2, -0.15) is 17.6 Å². The van der Waals surface area contributed by atoms with Crippen molar-refractivity contribution in [3.05, 3.63) is 90.1 Å². The van der Waals surface area contributed by atoms with E-state index in [1.165, 1.54) is 12.1 Å². The third-order valence-corrected chi connectivity index (χ3v) is 7.77. The lowest BCUT2D eigenvalue weighted by atomic mass is 9.98. The molecule has 0 spiro atoms. The number of sulfone groups is 1. The molecule has 218 valence electrons. The molecule has 0 aliphatic rings. The van der Waals surface area contributed by atoms with Crippen molar-refractivity contribution in [1.82, 2.24) is 14.5 Å². The molecular formula is C29H22F5N3O4S. The fraction of sp³-hybridized carbons (Fsp3) is 0.172. The first-order chi connectivity index (χ1) is 19.8. The van der Waals surface area contributed by atoms with Gasteiger partial charge in [0.2, 0.25) is 9.84 Å². The van der Waals surface area contributed by atoms with Crippen LogP contribution >= 0.6 is 0 Å². The van der Waals surface area contributed by atoms with Crippen molar-refractivity contribution >= 4 is 9.84 Å². The van der Waals surface area contributed by atoms with E-state index in [2.05, 4.69) is 14.7 Å². The number of aromatic nitrogens is 3. The highest BCUT2D eigenvalue weighted by Crippen LogP contribution is 2.40. The van der Waals surface area contributed by atoms with Gasteiger partial charge in [-0.05, 0) is 67.4 Å². The zero-order valence-corrected chi connectivity index (χ0v) is 23.1. The van der Waals surface area contributed by atoms with Crippen LogP contribution in [0.2, 0.25) is 0 Å². The number of alkyl halides is 4. The van der Waals surface area contributed by atoms with Crippen LogP contribution in [0.5, 0.6) is 5.75 Å². The van der Waals surface area contributed by atoms with Crippen LogP contribution in [0.25, 0.3) is 39.4 Å². The minimum absolute atomic E-state index is 0.122. The van der Waals surface area contributed by atoms with Crippen molar-refractivity contribution in [2.24, 2.45) is 0 Å². The molecule has 0 N–H and O–H groups in total. The van der Waals surface area contributed by atoms with Gasteiger partial charge in [0.05, 0.1) is 16.3 Å². The molecule has 2 aromatic heterocycles. The molecule has 7 nitrogen and oxygen atoms in total. The lowest BCUT2D eigenvalue weighted by Gasteiger charge is -2.14. The summed E-state index contributed by atoms with van der Waals surface area (Å²) in [5.74, 6) is -4.30. The first-order valence-corrected chi connectivity index (χ1v) is 13.9. The molecular weight excluding hydrogens is 581 g/mol. The topological polar surface area (TPSA) is 87.2 Å². The highest BCUT2D eigenvalue weighted by molar-refractivity contribution is 7.91. The van der Waals surface area contributed by atoms with Gasteiger partial charge in [0.1, 0.15) is 11.5 Å². The third-order valence-electron chi connectivity index (χ3n) is 6.39. The van der Waals surface area contributed by atoms with E-state index in [0.717, 1.165) is 30.0 Å². The molecule has 0 aliphatic carbocycles. The van der Waals surface area contributed by atoms with Crippen LogP contribution in [0.3, 0.4) is 0 Å². The lowest BCUT2D eigenvalue weighted by Crippen LogP contribution is -2.11. The number of ether oxygens (including phenoxy) is 1. The number of halogens is 5. The molecule has 0 fully saturated rings. The summed E-state index contributed by atoms with van der Waals surface area (Å²) >= 11 is 0. The minimum Gasteiger partial charge on any atom is -0.440 e. The maximum absolute atomic E-state index is 14.7. The number of rotatable bonds is 8. The number of hydrogen-bond donors (Lipinski definition) is 0. The predicted octanol–water partition coefficient (Wildman–Crippen LogP) is 7.52. The van der Waals surface area contributed by atoms with E-state index in [9.17, 15) is 30.4 Å². The van der Waals surface area contributed by atoms with Gasteiger partial charge in [-0.1, -0.05) is 18.2 Å². The number of hydrogen-bond acceptors (Lipinski definition) is 6. The van der Waals surface area contributed by atoms with Crippen LogP contribution in [0, 0.1) is 26.6 Å². The molecule has 5 aromatic rings. The number of aryl methyl sites for hydroxylation is 3. The van der Waals surface area contributed by atoms with Crippen molar-refractivity contribution in [2.45, 2.75) is 38.0 Å². The van der Waals surface area contributed by atoms with Gasteiger partial charge in [-0.25, -0.2) is 22.8 Å². The van der Waals surface area contributed by atoms with Crippen molar-refractivity contribution in [2.75, 3.05) is 0 Å². The molecule has 5 rings (SSSR count). The summed E-state index contributed by atoms with van der Waals surface area (Å²) in [4.78, 5) is 8.43. The SMILES string of the molecule is Cc1cn(-c2ccc(-c3cccc(S(=O)(=O)C(F)F)c3)cc2-c2nc(C)oc2-c2ccc(OC(F)F)c(F)c2)c(C)n1. The normalized spacial score (nSPS) is 12.0.